The molecule has 2 amide bonds. The topological polar surface area (TPSA) is 65.1 Å². The number of carbonyl (C=O) groups excluding carboxylic acids is 2. The lowest BCUT2D eigenvalue weighted by Crippen LogP contribution is -2.44. The second-order valence-electron chi connectivity index (χ2n) is 8.19. The minimum absolute atomic E-state index is 0.270. The van der Waals surface area contributed by atoms with E-state index in [-0.39, 0.29) is 11.8 Å². The van der Waals surface area contributed by atoms with Crippen LogP contribution in [0.5, 0.6) is 0 Å². The fourth-order valence-electron chi connectivity index (χ4n) is 4.10. The predicted molar refractivity (Wildman–Crippen MR) is 126 cm³/mol. The van der Waals surface area contributed by atoms with Gasteiger partial charge < -0.3 is 19.9 Å². The first kappa shape index (κ1) is 22.0. The van der Waals surface area contributed by atoms with Crippen molar-refractivity contribution in [3.8, 4) is 0 Å². The molecule has 1 N–H and O–H groups in total. The molecule has 2 heterocycles. The Morgan fingerprint density at radius 1 is 0.906 bits per heavy atom. The lowest BCUT2D eigenvalue weighted by molar-refractivity contribution is -0.136. The number of ether oxygens (including phenoxy) is 1. The Kier molecular flexibility index (Phi) is 6.87. The first-order valence-electron chi connectivity index (χ1n) is 11.0. The number of nitrogens with one attached hydrogen (secondary N) is 1. The average Bonchev–Trinajstić information content (AvgIpc) is 3.05. The number of amides is 2. The Balaban J connectivity index is 1.57. The molecule has 2 aliphatic heterocycles. The highest BCUT2D eigenvalue weighted by Gasteiger charge is 2.38. The molecule has 7 heteroatoms. The van der Waals surface area contributed by atoms with Crippen molar-refractivity contribution >= 4 is 28.8 Å². The van der Waals surface area contributed by atoms with Crippen molar-refractivity contribution in [1.29, 1.82) is 0 Å². The molecule has 0 spiro atoms. The molecule has 0 saturated carbocycles. The summed E-state index contributed by atoms with van der Waals surface area (Å²) in [6, 6.07) is 17.4. The van der Waals surface area contributed by atoms with E-state index in [1.54, 1.807) is 7.11 Å². The number of likely N-dealkylation sites (N-methyl/N-ethyl adjacent to an activating group) is 1. The molecule has 4 rings (SSSR count). The highest BCUT2D eigenvalue weighted by Crippen LogP contribution is 2.31. The maximum Gasteiger partial charge on any atom is 0.278 e. The zero-order valence-electron chi connectivity index (χ0n) is 18.7. The van der Waals surface area contributed by atoms with Crippen LogP contribution in [0, 0.1) is 0 Å². The van der Waals surface area contributed by atoms with E-state index < -0.39 is 0 Å². The SMILES string of the molecule is COCCCN1C(=O)C(Nc2ccc(N3CCN(C)CC3)cc2)=C(c2ccccc2)C1=O. The number of piperazine rings is 1. The second kappa shape index (κ2) is 9.97. The van der Waals surface area contributed by atoms with Crippen LogP contribution in [-0.2, 0) is 14.3 Å². The highest BCUT2D eigenvalue weighted by molar-refractivity contribution is 6.36. The number of hydrogen-bond acceptors (Lipinski definition) is 6. The van der Waals surface area contributed by atoms with Crippen LogP contribution in [0.15, 0.2) is 60.3 Å². The van der Waals surface area contributed by atoms with E-state index in [9.17, 15) is 9.59 Å². The van der Waals surface area contributed by atoms with Gasteiger partial charge in [0, 0.05) is 57.8 Å². The summed E-state index contributed by atoms with van der Waals surface area (Å²) < 4.78 is 5.09. The molecule has 2 aliphatic rings. The monoisotopic (exact) mass is 434 g/mol. The molecule has 2 aromatic carbocycles. The molecule has 0 atom stereocenters. The summed E-state index contributed by atoms with van der Waals surface area (Å²) in [4.78, 5) is 32.3. The Morgan fingerprint density at radius 3 is 2.25 bits per heavy atom. The van der Waals surface area contributed by atoms with Crippen LogP contribution in [0.1, 0.15) is 12.0 Å². The summed E-state index contributed by atoms with van der Waals surface area (Å²) in [6.45, 7) is 4.90. The van der Waals surface area contributed by atoms with Crippen LogP contribution >= 0.6 is 0 Å². The molecule has 2 aromatic rings. The van der Waals surface area contributed by atoms with Crippen molar-refractivity contribution in [2.75, 3.05) is 63.7 Å². The highest BCUT2D eigenvalue weighted by atomic mass is 16.5. The van der Waals surface area contributed by atoms with Crippen LogP contribution in [-0.4, -0.2) is 75.1 Å². The smallest absolute Gasteiger partial charge is 0.278 e. The third-order valence-electron chi connectivity index (χ3n) is 5.97. The number of carbonyl (C=O) groups is 2. The summed E-state index contributed by atoms with van der Waals surface area (Å²) in [5.41, 5.74) is 3.42. The average molecular weight is 435 g/mol. The molecule has 7 nitrogen and oxygen atoms in total. The van der Waals surface area contributed by atoms with Gasteiger partial charge in [-0.05, 0) is 43.3 Å². The van der Waals surface area contributed by atoms with E-state index >= 15 is 0 Å². The normalized spacial score (nSPS) is 17.4. The van der Waals surface area contributed by atoms with Crippen molar-refractivity contribution in [2.45, 2.75) is 6.42 Å². The van der Waals surface area contributed by atoms with Gasteiger partial charge in [-0.2, -0.15) is 0 Å². The van der Waals surface area contributed by atoms with Crippen LogP contribution < -0.4 is 10.2 Å². The van der Waals surface area contributed by atoms with Gasteiger partial charge in [-0.15, -0.1) is 0 Å². The van der Waals surface area contributed by atoms with Gasteiger partial charge in [0.15, 0.2) is 0 Å². The lowest BCUT2D eigenvalue weighted by atomic mass is 10.0. The predicted octanol–water partition coefficient (Wildman–Crippen LogP) is 2.67. The largest absolute Gasteiger partial charge is 0.385 e. The first-order chi connectivity index (χ1) is 15.6. The van der Waals surface area contributed by atoms with Crippen molar-refractivity contribution in [3.05, 3.63) is 65.9 Å². The summed E-state index contributed by atoms with van der Waals surface area (Å²) in [5, 5.41) is 3.24. The molecule has 0 radical (unpaired) electrons. The number of imide groups is 1. The minimum atomic E-state index is -0.298. The number of hydrogen-bond donors (Lipinski definition) is 1. The summed E-state index contributed by atoms with van der Waals surface area (Å²) in [6.07, 6.45) is 0.600. The van der Waals surface area contributed by atoms with Gasteiger partial charge in [-0.25, -0.2) is 0 Å². The Hall–Kier alpha value is -3.16. The molecular weight excluding hydrogens is 404 g/mol. The van der Waals surface area contributed by atoms with Crippen LogP contribution in [0.4, 0.5) is 11.4 Å². The van der Waals surface area contributed by atoms with E-state index in [2.05, 4.69) is 34.3 Å². The molecule has 1 saturated heterocycles. The Bertz CT molecular complexity index is 980. The molecule has 0 bridgehead atoms. The zero-order valence-corrected chi connectivity index (χ0v) is 18.7. The third-order valence-corrected chi connectivity index (χ3v) is 5.97. The van der Waals surface area contributed by atoms with E-state index in [1.165, 1.54) is 4.90 Å². The summed E-state index contributed by atoms with van der Waals surface area (Å²) in [5.74, 6) is -0.568. The van der Waals surface area contributed by atoms with Gasteiger partial charge in [0.2, 0.25) is 0 Å². The molecule has 0 aromatic heterocycles. The lowest BCUT2D eigenvalue weighted by Gasteiger charge is -2.34. The summed E-state index contributed by atoms with van der Waals surface area (Å²) >= 11 is 0. The van der Waals surface area contributed by atoms with Gasteiger partial charge >= 0.3 is 0 Å². The molecule has 1 fully saturated rings. The molecule has 0 aliphatic carbocycles. The molecular formula is C25H30N4O3. The van der Waals surface area contributed by atoms with Crippen molar-refractivity contribution in [2.24, 2.45) is 0 Å². The van der Waals surface area contributed by atoms with Crippen LogP contribution in [0.25, 0.3) is 5.57 Å². The van der Waals surface area contributed by atoms with Crippen LogP contribution in [0.3, 0.4) is 0 Å². The van der Waals surface area contributed by atoms with Gasteiger partial charge in [0.25, 0.3) is 11.8 Å². The van der Waals surface area contributed by atoms with Gasteiger partial charge in [-0.1, -0.05) is 30.3 Å². The van der Waals surface area contributed by atoms with Crippen LogP contribution in [0.2, 0.25) is 0 Å². The number of methoxy groups -OCH3 is 1. The quantitative estimate of drug-likeness (QED) is 0.509. The third kappa shape index (κ3) is 4.69. The number of anilines is 2. The van der Waals surface area contributed by atoms with Gasteiger partial charge in [0.1, 0.15) is 5.70 Å². The molecule has 168 valence electrons. The fraction of sp³-hybridized carbons (Fsp3) is 0.360. The fourth-order valence-corrected chi connectivity index (χ4v) is 4.10. The Labute approximate surface area is 189 Å². The first-order valence-corrected chi connectivity index (χ1v) is 11.0. The molecule has 0 unspecified atom stereocenters. The van der Waals surface area contributed by atoms with Crippen molar-refractivity contribution < 1.29 is 14.3 Å². The van der Waals surface area contributed by atoms with E-state index in [4.69, 9.17) is 4.74 Å². The van der Waals surface area contributed by atoms with Gasteiger partial charge in [0.05, 0.1) is 5.57 Å². The minimum Gasteiger partial charge on any atom is -0.385 e. The number of rotatable bonds is 8. The maximum atomic E-state index is 13.2. The standard InChI is InChI=1S/C25H30N4O3/c1-27-14-16-28(17-15-27)21-11-9-20(10-12-21)26-23-22(19-7-4-3-5-8-19)24(30)29(25(23)31)13-6-18-32-2/h3-5,7-12,26H,6,13-18H2,1-2H3. The second-order valence-corrected chi connectivity index (χ2v) is 8.19. The maximum absolute atomic E-state index is 13.2. The number of nitrogens with zero attached hydrogens (tertiary/aromatic N) is 3. The van der Waals surface area contributed by atoms with Crippen molar-refractivity contribution in [3.63, 3.8) is 0 Å². The number of benzene rings is 2. The summed E-state index contributed by atoms with van der Waals surface area (Å²) in [7, 11) is 3.75. The zero-order chi connectivity index (χ0) is 22.5. The van der Waals surface area contributed by atoms with E-state index in [1.807, 2.05) is 42.5 Å². The Morgan fingerprint density at radius 2 is 1.59 bits per heavy atom. The van der Waals surface area contributed by atoms with Gasteiger partial charge in [-0.3, -0.25) is 14.5 Å². The van der Waals surface area contributed by atoms with E-state index in [0.29, 0.717) is 30.8 Å². The van der Waals surface area contributed by atoms with E-state index in [0.717, 1.165) is 43.1 Å². The van der Waals surface area contributed by atoms with Crippen molar-refractivity contribution in [1.82, 2.24) is 9.80 Å². The molecule has 32 heavy (non-hydrogen) atoms.